The molecule has 0 fully saturated rings. The van der Waals surface area contributed by atoms with Gasteiger partial charge in [-0.25, -0.2) is 0 Å². The number of nitrogens with two attached hydrogens (primary N) is 1. The van der Waals surface area contributed by atoms with Gasteiger partial charge in [-0.2, -0.15) is 0 Å². The van der Waals surface area contributed by atoms with Gasteiger partial charge in [-0.1, -0.05) is 24.3 Å². The average molecular weight is 314 g/mol. The molecule has 0 saturated carbocycles. The average Bonchev–Trinajstić information content (AvgIpc) is 2.59. The summed E-state index contributed by atoms with van der Waals surface area (Å²) in [6.07, 6.45) is 2.70. The van der Waals surface area contributed by atoms with Crippen LogP contribution in [0.1, 0.15) is 29.6 Å². The summed E-state index contributed by atoms with van der Waals surface area (Å²) >= 11 is 0. The zero-order chi connectivity index (χ0) is 16.5. The number of benzene rings is 2. The standard InChI is InChI=1S/C18H22N2O3/c19-10-4-11-20-18(22)7-3-12-23-17-9-8-14(13-21)15-5-1-2-6-16(15)17/h1-2,5-6,8-9,13H,3-4,7,10-12,19H2,(H,20,22). The lowest BCUT2D eigenvalue weighted by atomic mass is 10.0. The fourth-order valence-electron chi connectivity index (χ4n) is 2.36. The number of amides is 1. The minimum atomic E-state index is 0.0169. The summed E-state index contributed by atoms with van der Waals surface area (Å²) in [5.41, 5.74) is 6.02. The lowest BCUT2D eigenvalue weighted by molar-refractivity contribution is -0.121. The van der Waals surface area contributed by atoms with Crippen LogP contribution in [0, 0.1) is 0 Å². The number of carbonyl (C=O) groups excluding carboxylic acids is 2. The number of hydrogen-bond donors (Lipinski definition) is 2. The zero-order valence-corrected chi connectivity index (χ0v) is 13.1. The van der Waals surface area contributed by atoms with Crippen LogP contribution in [0.25, 0.3) is 10.8 Å². The minimum absolute atomic E-state index is 0.0169. The van der Waals surface area contributed by atoms with Crippen molar-refractivity contribution in [3.8, 4) is 5.75 Å². The Bertz CT molecular complexity index is 670. The number of ether oxygens (including phenoxy) is 1. The predicted molar refractivity (Wildman–Crippen MR) is 90.7 cm³/mol. The molecule has 0 spiro atoms. The Balaban J connectivity index is 1.88. The Kier molecular flexibility index (Phi) is 6.56. The van der Waals surface area contributed by atoms with Gasteiger partial charge in [-0.05, 0) is 36.9 Å². The fraction of sp³-hybridized carbons (Fsp3) is 0.333. The van der Waals surface area contributed by atoms with Gasteiger partial charge in [0.25, 0.3) is 0 Å². The van der Waals surface area contributed by atoms with E-state index in [1.165, 1.54) is 0 Å². The number of carbonyl (C=O) groups is 2. The Labute approximate surface area is 135 Å². The SMILES string of the molecule is NCCCNC(=O)CCCOc1ccc(C=O)c2ccccc12. The largest absolute Gasteiger partial charge is 0.493 e. The molecule has 0 atom stereocenters. The third-order valence-corrected chi connectivity index (χ3v) is 3.55. The molecule has 23 heavy (non-hydrogen) atoms. The summed E-state index contributed by atoms with van der Waals surface area (Å²) in [6.45, 7) is 1.65. The molecule has 3 N–H and O–H groups in total. The number of aldehydes is 1. The number of rotatable bonds is 9. The molecule has 0 aliphatic heterocycles. The number of hydrogen-bond acceptors (Lipinski definition) is 4. The van der Waals surface area contributed by atoms with E-state index in [1.807, 2.05) is 24.3 Å². The van der Waals surface area contributed by atoms with Crippen LogP contribution in [0.3, 0.4) is 0 Å². The Morgan fingerprint density at radius 3 is 2.65 bits per heavy atom. The van der Waals surface area contributed by atoms with E-state index in [2.05, 4.69) is 5.32 Å². The van der Waals surface area contributed by atoms with E-state index in [4.69, 9.17) is 10.5 Å². The molecular weight excluding hydrogens is 292 g/mol. The molecule has 0 aliphatic carbocycles. The van der Waals surface area contributed by atoms with Crippen molar-refractivity contribution >= 4 is 23.0 Å². The van der Waals surface area contributed by atoms with Gasteiger partial charge in [0.1, 0.15) is 5.75 Å². The number of fused-ring (bicyclic) bond motifs is 1. The smallest absolute Gasteiger partial charge is 0.220 e. The maximum Gasteiger partial charge on any atom is 0.220 e. The van der Waals surface area contributed by atoms with E-state index in [9.17, 15) is 9.59 Å². The second-order valence-electron chi connectivity index (χ2n) is 5.26. The molecule has 122 valence electrons. The zero-order valence-electron chi connectivity index (χ0n) is 13.1. The maximum absolute atomic E-state index is 11.6. The van der Waals surface area contributed by atoms with Gasteiger partial charge < -0.3 is 15.8 Å². The fourth-order valence-corrected chi connectivity index (χ4v) is 2.36. The summed E-state index contributed by atoms with van der Waals surface area (Å²) in [5, 5.41) is 4.60. The first-order valence-electron chi connectivity index (χ1n) is 7.82. The molecule has 5 nitrogen and oxygen atoms in total. The quantitative estimate of drug-likeness (QED) is 0.549. The highest BCUT2D eigenvalue weighted by atomic mass is 16.5. The van der Waals surface area contributed by atoms with Gasteiger partial charge in [-0.3, -0.25) is 9.59 Å². The Hall–Kier alpha value is -2.40. The van der Waals surface area contributed by atoms with Crippen molar-refractivity contribution in [2.24, 2.45) is 5.73 Å². The van der Waals surface area contributed by atoms with Crippen LogP contribution in [0.4, 0.5) is 0 Å². The van der Waals surface area contributed by atoms with E-state index in [0.717, 1.165) is 29.2 Å². The van der Waals surface area contributed by atoms with Crippen molar-refractivity contribution in [2.45, 2.75) is 19.3 Å². The van der Waals surface area contributed by atoms with Crippen LogP contribution < -0.4 is 15.8 Å². The summed E-state index contributed by atoms with van der Waals surface area (Å²) in [6, 6.07) is 11.2. The van der Waals surface area contributed by atoms with Crippen molar-refractivity contribution in [1.29, 1.82) is 0 Å². The predicted octanol–water partition coefficient (Wildman–Crippen LogP) is 2.28. The van der Waals surface area contributed by atoms with Gasteiger partial charge in [0.15, 0.2) is 6.29 Å². The molecule has 0 aliphatic rings. The van der Waals surface area contributed by atoms with E-state index >= 15 is 0 Å². The lowest BCUT2D eigenvalue weighted by Gasteiger charge is -2.10. The highest BCUT2D eigenvalue weighted by Gasteiger charge is 2.06. The van der Waals surface area contributed by atoms with Crippen molar-refractivity contribution < 1.29 is 14.3 Å². The van der Waals surface area contributed by atoms with Crippen LogP contribution in [0.5, 0.6) is 5.75 Å². The molecule has 0 aromatic heterocycles. The topological polar surface area (TPSA) is 81.4 Å². The van der Waals surface area contributed by atoms with Crippen LogP contribution in [0.2, 0.25) is 0 Å². The van der Waals surface area contributed by atoms with Crippen LogP contribution in [-0.2, 0) is 4.79 Å². The molecule has 0 unspecified atom stereocenters. The highest BCUT2D eigenvalue weighted by Crippen LogP contribution is 2.27. The molecule has 1 amide bonds. The molecule has 5 heteroatoms. The summed E-state index contributed by atoms with van der Waals surface area (Å²) in [4.78, 5) is 22.7. The normalized spacial score (nSPS) is 10.5. The molecule has 2 aromatic carbocycles. The van der Waals surface area contributed by atoms with E-state index in [-0.39, 0.29) is 5.91 Å². The van der Waals surface area contributed by atoms with Crippen molar-refractivity contribution in [1.82, 2.24) is 5.32 Å². The van der Waals surface area contributed by atoms with E-state index in [0.29, 0.717) is 38.1 Å². The third-order valence-electron chi connectivity index (χ3n) is 3.55. The second kappa shape index (κ2) is 8.90. The first kappa shape index (κ1) is 17.0. The molecule has 0 radical (unpaired) electrons. The van der Waals surface area contributed by atoms with Gasteiger partial charge in [0.2, 0.25) is 5.91 Å². The van der Waals surface area contributed by atoms with Gasteiger partial charge >= 0.3 is 0 Å². The minimum Gasteiger partial charge on any atom is -0.493 e. The van der Waals surface area contributed by atoms with Gasteiger partial charge in [0, 0.05) is 23.9 Å². The van der Waals surface area contributed by atoms with Crippen LogP contribution >= 0.6 is 0 Å². The maximum atomic E-state index is 11.6. The van der Waals surface area contributed by atoms with Crippen molar-refractivity contribution in [3.63, 3.8) is 0 Å². The van der Waals surface area contributed by atoms with Crippen LogP contribution in [-0.4, -0.2) is 31.9 Å². The lowest BCUT2D eigenvalue weighted by Crippen LogP contribution is -2.26. The van der Waals surface area contributed by atoms with Crippen molar-refractivity contribution in [3.05, 3.63) is 42.0 Å². The number of nitrogens with one attached hydrogen (secondary N) is 1. The first-order valence-corrected chi connectivity index (χ1v) is 7.82. The Morgan fingerprint density at radius 1 is 1.13 bits per heavy atom. The van der Waals surface area contributed by atoms with E-state index in [1.54, 1.807) is 12.1 Å². The summed E-state index contributed by atoms with van der Waals surface area (Å²) in [5.74, 6) is 0.748. The highest BCUT2D eigenvalue weighted by molar-refractivity contribution is 6.00. The summed E-state index contributed by atoms with van der Waals surface area (Å²) < 4.78 is 5.78. The van der Waals surface area contributed by atoms with Gasteiger partial charge in [-0.15, -0.1) is 0 Å². The third kappa shape index (κ3) is 4.79. The monoisotopic (exact) mass is 314 g/mol. The summed E-state index contributed by atoms with van der Waals surface area (Å²) in [7, 11) is 0. The van der Waals surface area contributed by atoms with E-state index < -0.39 is 0 Å². The first-order chi connectivity index (χ1) is 11.3. The molecule has 0 heterocycles. The van der Waals surface area contributed by atoms with Gasteiger partial charge in [0.05, 0.1) is 6.61 Å². The van der Waals surface area contributed by atoms with Crippen molar-refractivity contribution in [2.75, 3.05) is 19.7 Å². The second-order valence-corrected chi connectivity index (χ2v) is 5.26. The Morgan fingerprint density at radius 2 is 1.91 bits per heavy atom. The molecular formula is C18H22N2O3. The molecule has 0 bridgehead atoms. The van der Waals surface area contributed by atoms with Crippen LogP contribution in [0.15, 0.2) is 36.4 Å². The molecule has 2 rings (SSSR count). The molecule has 2 aromatic rings. The molecule has 0 saturated heterocycles.